The maximum Gasteiger partial charge on any atom is 0.416 e. The Hall–Kier alpha value is -3.85. The number of alkyl halides is 3. The highest BCUT2D eigenvalue weighted by molar-refractivity contribution is 6.51. The average Bonchev–Trinajstić information content (AvgIpc) is 3.09. The van der Waals surface area contributed by atoms with Gasteiger partial charge in [-0.25, -0.2) is 4.39 Å². The molecule has 0 aromatic heterocycles. The van der Waals surface area contributed by atoms with Gasteiger partial charge >= 0.3 is 6.18 Å². The van der Waals surface area contributed by atoms with E-state index in [1.54, 1.807) is 0 Å². The summed E-state index contributed by atoms with van der Waals surface area (Å²) in [6.45, 7) is 0. The van der Waals surface area contributed by atoms with E-state index < -0.39 is 46.6 Å². The lowest BCUT2D eigenvalue weighted by molar-refractivity contribution is -0.137. The molecule has 1 heterocycles. The standard InChI is InChI=1S/C25H16ClF4NO4/c1-35-19-11-13(9-10-17(19)26)22(32)20-21(16-7-2-3-8-18(16)27)31(24(34)23(20)33)15-6-4-5-14(12-15)25(28,29)30/h2-12,21,32H,1H3/b22-20+. The Bertz CT molecular complexity index is 1370. The van der Waals surface area contributed by atoms with Crippen LogP contribution in [-0.4, -0.2) is 23.9 Å². The maximum absolute atomic E-state index is 14.9. The molecular formula is C25H16ClF4NO4. The van der Waals surface area contributed by atoms with Crippen molar-refractivity contribution in [2.24, 2.45) is 0 Å². The summed E-state index contributed by atoms with van der Waals surface area (Å²) >= 11 is 6.02. The lowest BCUT2D eigenvalue weighted by Gasteiger charge is -2.26. The van der Waals surface area contributed by atoms with Gasteiger partial charge in [-0.2, -0.15) is 13.2 Å². The Morgan fingerprint density at radius 3 is 2.40 bits per heavy atom. The largest absolute Gasteiger partial charge is 0.507 e. The number of amides is 1. The molecule has 0 radical (unpaired) electrons. The highest BCUT2D eigenvalue weighted by Crippen LogP contribution is 2.44. The van der Waals surface area contributed by atoms with Crippen LogP contribution in [0.5, 0.6) is 5.75 Å². The maximum atomic E-state index is 14.9. The fraction of sp³-hybridized carbons (Fsp3) is 0.120. The third-order valence-electron chi connectivity index (χ3n) is 5.52. The smallest absolute Gasteiger partial charge is 0.416 e. The monoisotopic (exact) mass is 505 g/mol. The highest BCUT2D eigenvalue weighted by Gasteiger charge is 2.48. The molecule has 35 heavy (non-hydrogen) atoms. The molecule has 0 spiro atoms. The fourth-order valence-corrected chi connectivity index (χ4v) is 4.08. The third kappa shape index (κ3) is 4.35. The van der Waals surface area contributed by atoms with Crippen LogP contribution in [-0.2, 0) is 15.8 Å². The number of Topliss-reactive ketones (excluding diaryl/α,β-unsaturated/α-hetero) is 1. The van der Waals surface area contributed by atoms with Crippen LogP contribution in [0.4, 0.5) is 23.2 Å². The van der Waals surface area contributed by atoms with Crippen LogP contribution in [0.25, 0.3) is 5.76 Å². The zero-order chi connectivity index (χ0) is 25.5. The summed E-state index contributed by atoms with van der Waals surface area (Å²) < 4.78 is 60.0. The molecule has 0 saturated carbocycles. The molecule has 1 aliphatic heterocycles. The first kappa shape index (κ1) is 24.3. The van der Waals surface area contributed by atoms with E-state index in [9.17, 15) is 32.3 Å². The van der Waals surface area contributed by atoms with Crippen LogP contribution in [0.3, 0.4) is 0 Å². The molecule has 0 aliphatic carbocycles. The lowest BCUT2D eigenvalue weighted by atomic mass is 9.94. The molecule has 1 fully saturated rings. The number of rotatable bonds is 4. The van der Waals surface area contributed by atoms with E-state index in [-0.39, 0.29) is 27.6 Å². The molecule has 1 saturated heterocycles. The number of aliphatic hydroxyl groups is 1. The summed E-state index contributed by atoms with van der Waals surface area (Å²) in [7, 11) is 1.33. The first-order chi connectivity index (χ1) is 16.5. The summed E-state index contributed by atoms with van der Waals surface area (Å²) in [6, 6.07) is 11.4. The Morgan fingerprint density at radius 1 is 1.03 bits per heavy atom. The molecule has 1 unspecified atom stereocenters. The molecule has 10 heteroatoms. The minimum atomic E-state index is -4.73. The SMILES string of the molecule is COc1cc(/C(O)=C2\C(=O)C(=O)N(c3cccc(C(F)(F)F)c3)C2c2ccccc2F)ccc1Cl. The van der Waals surface area contributed by atoms with E-state index >= 15 is 0 Å². The van der Waals surface area contributed by atoms with E-state index in [2.05, 4.69) is 0 Å². The van der Waals surface area contributed by atoms with Crippen LogP contribution >= 0.6 is 11.6 Å². The topological polar surface area (TPSA) is 66.8 Å². The second kappa shape index (κ2) is 9.07. The number of aliphatic hydroxyl groups excluding tert-OH is 1. The van der Waals surface area contributed by atoms with Gasteiger partial charge in [0.05, 0.1) is 29.3 Å². The number of ether oxygens (including phenoxy) is 1. The van der Waals surface area contributed by atoms with Crippen LogP contribution in [0.15, 0.2) is 72.3 Å². The number of benzene rings is 3. The quantitative estimate of drug-likeness (QED) is 0.200. The molecule has 1 aliphatic rings. The molecule has 1 atom stereocenters. The van der Waals surface area contributed by atoms with Crippen LogP contribution in [0.2, 0.25) is 5.02 Å². The zero-order valence-electron chi connectivity index (χ0n) is 17.9. The lowest BCUT2D eigenvalue weighted by Crippen LogP contribution is -2.30. The van der Waals surface area contributed by atoms with E-state index in [0.717, 1.165) is 23.1 Å². The minimum Gasteiger partial charge on any atom is -0.507 e. The van der Waals surface area contributed by atoms with Crippen molar-refractivity contribution >= 4 is 34.7 Å². The summed E-state index contributed by atoms with van der Waals surface area (Å²) in [4.78, 5) is 26.9. The molecule has 3 aromatic carbocycles. The first-order valence-electron chi connectivity index (χ1n) is 10.1. The van der Waals surface area contributed by atoms with Gasteiger partial charge in [-0.15, -0.1) is 0 Å². The van der Waals surface area contributed by atoms with Crippen molar-refractivity contribution in [3.05, 3.63) is 99.8 Å². The fourth-order valence-electron chi connectivity index (χ4n) is 3.88. The number of halogens is 5. The van der Waals surface area contributed by atoms with Crippen molar-refractivity contribution in [2.75, 3.05) is 12.0 Å². The normalized spacial score (nSPS) is 17.7. The van der Waals surface area contributed by atoms with Gasteiger partial charge in [-0.1, -0.05) is 35.9 Å². The third-order valence-corrected chi connectivity index (χ3v) is 5.83. The number of hydrogen-bond acceptors (Lipinski definition) is 4. The van der Waals surface area contributed by atoms with Gasteiger partial charge in [0.25, 0.3) is 11.7 Å². The average molecular weight is 506 g/mol. The van der Waals surface area contributed by atoms with Crippen LogP contribution in [0, 0.1) is 5.82 Å². The summed E-state index contributed by atoms with van der Waals surface area (Å²) in [5, 5.41) is 11.3. The summed E-state index contributed by atoms with van der Waals surface area (Å²) in [5.74, 6) is -3.75. The summed E-state index contributed by atoms with van der Waals surface area (Å²) in [5.41, 5.74) is -2.00. The Morgan fingerprint density at radius 2 is 1.74 bits per heavy atom. The molecule has 0 bridgehead atoms. The second-order valence-electron chi connectivity index (χ2n) is 7.59. The van der Waals surface area contributed by atoms with Gasteiger partial charge in [0.1, 0.15) is 17.3 Å². The number of ketones is 1. The number of carbonyl (C=O) groups excluding carboxylic acids is 2. The predicted molar refractivity (Wildman–Crippen MR) is 121 cm³/mol. The molecular weight excluding hydrogens is 490 g/mol. The van der Waals surface area contributed by atoms with Crippen molar-refractivity contribution in [1.29, 1.82) is 0 Å². The van der Waals surface area contributed by atoms with Gasteiger partial charge in [-0.3, -0.25) is 14.5 Å². The van der Waals surface area contributed by atoms with Crippen LogP contribution < -0.4 is 9.64 Å². The number of carbonyl (C=O) groups is 2. The van der Waals surface area contributed by atoms with Crippen molar-refractivity contribution in [1.82, 2.24) is 0 Å². The molecule has 4 rings (SSSR count). The van der Waals surface area contributed by atoms with Crippen LogP contribution in [0.1, 0.15) is 22.7 Å². The van der Waals surface area contributed by atoms with Gasteiger partial charge < -0.3 is 9.84 Å². The van der Waals surface area contributed by atoms with Gasteiger partial charge in [0.2, 0.25) is 0 Å². The van der Waals surface area contributed by atoms with Crippen molar-refractivity contribution in [2.45, 2.75) is 12.2 Å². The molecule has 180 valence electrons. The number of hydrogen-bond donors (Lipinski definition) is 1. The Kier molecular flexibility index (Phi) is 6.29. The summed E-state index contributed by atoms with van der Waals surface area (Å²) in [6.07, 6.45) is -4.73. The predicted octanol–water partition coefficient (Wildman–Crippen LogP) is 6.13. The van der Waals surface area contributed by atoms with E-state index in [4.69, 9.17) is 16.3 Å². The highest BCUT2D eigenvalue weighted by atomic mass is 35.5. The van der Waals surface area contributed by atoms with Crippen molar-refractivity contribution < 1.29 is 37.0 Å². The van der Waals surface area contributed by atoms with Crippen molar-refractivity contribution in [3.63, 3.8) is 0 Å². The van der Waals surface area contributed by atoms with E-state index in [1.165, 1.54) is 49.6 Å². The van der Waals surface area contributed by atoms with E-state index in [1.807, 2.05) is 0 Å². The molecule has 1 N–H and O–H groups in total. The number of nitrogens with zero attached hydrogens (tertiary/aromatic N) is 1. The minimum absolute atomic E-state index is 0.0367. The molecule has 3 aromatic rings. The Balaban J connectivity index is 1.98. The molecule has 5 nitrogen and oxygen atoms in total. The zero-order valence-corrected chi connectivity index (χ0v) is 18.7. The first-order valence-corrected chi connectivity index (χ1v) is 10.5. The number of methoxy groups -OCH3 is 1. The Labute approximate surface area is 201 Å². The van der Waals surface area contributed by atoms with Gasteiger partial charge in [0.15, 0.2) is 0 Å². The van der Waals surface area contributed by atoms with Gasteiger partial charge in [-0.05, 0) is 42.5 Å². The second-order valence-corrected chi connectivity index (χ2v) is 8.00. The van der Waals surface area contributed by atoms with Gasteiger partial charge in [0, 0.05) is 16.8 Å². The molecule has 1 amide bonds. The van der Waals surface area contributed by atoms with Crippen molar-refractivity contribution in [3.8, 4) is 5.75 Å². The van der Waals surface area contributed by atoms with E-state index in [0.29, 0.717) is 6.07 Å². The number of anilines is 1.